The second-order valence-electron chi connectivity index (χ2n) is 7.54. The predicted octanol–water partition coefficient (Wildman–Crippen LogP) is 2.31. The molecule has 0 saturated carbocycles. The fourth-order valence-electron chi connectivity index (χ4n) is 3.77. The zero-order valence-corrected chi connectivity index (χ0v) is 19.7. The third kappa shape index (κ3) is 5.39. The lowest BCUT2D eigenvalue weighted by molar-refractivity contribution is -0.148. The van der Waals surface area contributed by atoms with E-state index in [-0.39, 0.29) is 34.1 Å². The number of methoxy groups -OCH3 is 3. The number of carbonyl (C=O) groups is 2. The molecule has 0 unspecified atom stereocenters. The molecule has 3 rings (SSSR count). The smallest absolute Gasteiger partial charge is 0.308 e. The lowest BCUT2D eigenvalue weighted by atomic mass is 9.97. The van der Waals surface area contributed by atoms with Crippen LogP contribution in [0.3, 0.4) is 0 Å². The number of hydrogen-bond donors (Lipinski definition) is 0. The number of benzene rings is 2. The van der Waals surface area contributed by atoms with Crippen LogP contribution in [0.15, 0.2) is 53.4 Å². The SMILES string of the molecule is COC(=O)C1CCN(C(=O)CN(c2cc(OC)ccc2OC)S(=O)(=O)c2ccccc2)CC1. The first kappa shape index (κ1) is 24.4. The summed E-state index contributed by atoms with van der Waals surface area (Å²) in [5.74, 6) is -0.223. The third-order valence-electron chi connectivity index (χ3n) is 5.65. The van der Waals surface area contributed by atoms with Gasteiger partial charge in [0, 0.05) is 19.2 Å². The average Bonchev–Trinajstić information content (AvgIpc) is 2.86. The Labute approximate surface area is 193 Å². The summed E-state index contributed by atoms with van der Waals surface area (Å²) in [6, 6.07) is 12.7. The number of nitrogens with zero attached hydrogens (tertiary/aromatic N) is 2. The van der Waals surface area contributed by atoms with Crippen molar-refractivity contribution in [2.24, 2.45) is 5.92 Å². The van der Waals surface area contributed by atoms with Gasteiger partial charge in [-0.25, -0.2) is 8.42 Å². The summed E-state index contributed by atoms with van der Waals surface area (Å²) in [4.78, 5) is 26.6. The van der Waals surface area contributed by atoms with E-state index in [4.69, 9.17) is 14.2 Å². The minimum Gasteiger partial charge on any atom is -0.497 e. The van der Waals surface area contributed by atoms with E-state index in [1.54, 1.807) is 35.2 Å². The number of piperidine rings is 1. The van der Waals surface area contributed by atoms with Crippen LogP contribution in [0.1, 0.15) is 12.8 Å². The van der Waals surface area contributed by atoms with Crippen LogP contribution < -0.4 is 13.8 Å². The molecule has 9 nitrogen and oxygen atoms in total. The Balaban J connectivity index is 1.94. The standard InChI is InChI=1S/C23H28N2O7S/c1-30-18-9-10-21(31-2)20(15-18)25(33(28,29)19-7-5-4-6-8-19)16-22(26)24-13-11-17(12-14-24)23(27)32-3/h4-10,15,17H,11-14,16H2,1-3H3. The molecule has 1 fully saturated rings. The van der Waals surface area contributed by atoms with Crippen LogP contribution >= 0.6 is 0 Å². The number of ether oxygens (including phenoxy) is 3. The lowest BCUT2D eigenvalue weighted by Gasteiger charge is -2.33. The molecule has 1 aliphatic heterocycles. The summed E-state index contributed by atoms with van der Waals surface area (Å²) in [5, 5.41) is 0. The van der Waals surface area contributed by atoms with Gasteiger partial charge < -0.3 is 19.1 Å². The van der Waals surface area contributed by atoms with Crippen LogP contribution in [0.4, 0.5) is 5.69 Å². The number of likely N-dealkylation sites (tertiary alicyclic amines) is 1. The van der Waals surface area contributed by atoms with Gasteiger partial charge in [0.2, 0.25) is 5.91 Å². The quantitative estimate of drug-likeness (QED) is 0.539. The maximum absolute atomic E-state index is 13.6. The second kappa shape index (κ2) is 10.6. The number of carbonyl (C=O) groups excluding carboxylic acids is 2. The van der Waals surface area contributed by atoms with Crippen molar-refractivity contribution in [3.05, 3.63) is 48.5 Å². The molecule has 0 radical (unpaired) electrons. The van der Waals surface area contributed by atoms with Crippen LogP contribution in [0.2, 0.25) is 0 Å². The monoisotopic (exact) mass is 476 g/mol. The molecule has 0 atom stereocenters. The van der Waals surface area contributed by atoms with Gasteiger partial charge in [0.25, 0.3) is 10.0 Å². The van der Waals surface area contributed by atoms with Crippen molar-refractivity contribution in [3.8, 4) is 11.5 Å². The molecule has 1 heterocycles. The molecule has 1 amide bonds. The molecule has 0 aromatic heterocycles. The first-order chi connectivity index (χ1) is 15.8. The third-order valence-corrected chi connectivity index (χ3v) is 7.42. The molecule has 0 spiro atoms. The Morgan fingerprint density at radius 3 is 2.24 bits per heavy atom. The van der Waals surface area contributed by atoms with Gasteiger partial charge in [0.1, 0.15) is 18.0 Å². The van der Waals surface area contributed by atoms with Gasteiger partial charge in [-0.1, -0.05) is 18.2 Å². The second-order valence-corrected chi connectivity index (χ2v) is 9.40. The zero-order chi connectivity index (χ0) is 24.0. The van der Waals surface area contributed by atoms with Gasteiger partial charge in [0.15, 0.2) is 0 Å². The molecule has 1 aliphatic rings. The zero-order valence-electron chi connectivity index (χ0n) is 18.9. The molecular weight excluding hydrogens is 448 g/mol. The Hall–Kier alpha value is -3.27. The van der Waals surface area contributed by atoms with E-state index in [0.717, 1.165) is 4.31 Å². The predicted molar refractivity (Wildman–Crippen MR) is 122 cm³/mol. The van der Waals surface area contributed by atoms with Crippen molar-refractivity contribution in [2.75, 3.05) is 45.3 Å². The number of amides is 1. The number of sulfonamides is 1. The van der Waals surface area contributed by atoms with Crippen molar-refractivity contribution in [1.29, 1.82) is 0 Å². The summed E-state index contributed by atoms with van der Waals surface area (Å²) in [6.07, 6.45) is 0.929. The van der Waals surface area contributed by atoms with E-state index in [9.17, 15) is 18.0 Å². The summed E-state index contributed by atoms with van der Waals surface area (Å²) in [5.41, 5.74) is 0.193. The largest absolute Gasteiger partial charge is 0.497 e. The van der Waals surface area contributed by atoms with Crippen molar-refractivity contribution in [1.82, 2.24) is 4.90 Å². The van der Waals surface area contributed by atoms with Crippen LogP contribution in [-0.4, -0.2) is 66.2 Å². The first-order valence-electron chi connectivity index (χ1n) is 10.5. The molecule has 2 aromatic carbocycles. The molecule has 1 saturated heterocycles. The number of anilines is 1. The Morgan fingerprint density at radius 1 is 1.00 bits per heavy atom. The van der Waals surface area contributed by atoms with E-state index < -0.39 is 16.6 Å². The van der Waals surface area contributed by atoms with E-state index >= 15 is 0 Å². The van der Waals surface area contributed by atoms with Crippen molar-refractivity contribution < 1.29 is 32.2 Å². The van der Waals surface area contributed by atoms with Crippen molar-refractivity contribution >= 4 is 27.6 Å². The molecule has 0 N–H and O–H groups in total. The van der Waals surface area contributed by atoms with Crippen LogP contribution in [0, 0.1) is 5.92 Å². The topological polar surface area (TPSA) is 102 Å². The molecular formula is C23H28N2O7S. The van der Waals surface area contributed by atoms with E-state index in [1.807, 2.05) is 0 Å². The highest BCUT2D eigenvalue weighted by atomic mass is 32.2. The maximum atomic E-state index is 13.6. The first-order valence-corrected chi connectivity index (χ1v) is 11.9. The average molecular weight is 477 g/mol. The van der Waals surface area contributed by atoms with Gasteiger partial charge in [-0.2, -0.15) is 0 Å². The van der Waals surface area contributed by atoms with Crippen molar-refractivity contribution in [3.63, 3.8) is 0 Å². The number of rotatable bonds is 8. The van der Waals surface area contributed by atoms with Gasteiger partial charge in [-0.15, -0.1) is 0 Å². The van der Waals surface area contributed by atoms with E-state index in [0.29, 0.717) is 31.7 Å². The maximum Gasteiger partial charge on any atom is 0.308 e. The normalized spacial score (nSPS) is 14.5. The Kier molecular flexibility index (Phi) is 7.80. The number of esters is 1. The molecule has 10 heteroatoms. The fourth-order valence-corrected chi connectivity index (χ4v) is 5.20. The lowest BCUT2D eigenvalue weighted by Crippen LogP contribution is -2.46. The Bertz CT molecular complexity index is 1080. The molecule has 0 bridgehead atoms. The number of hydrogen-bond acceptors (Lipinski definition) is 7. The molecule has 0 aliphatic carbocycles. The van der Waals surface area contributed by atoms with Crippen LogP contribution in [0.5, 0.6) is 11.5 Å². The minimum atomic E-state index is -4.10. The van der Waals surface area contributed by atoms with Gasteiger partial charge in [-0.05, 0) is 37.1 Å². The van der Waals surface area contributed by atoms with Crippen LogP contribution in [-0.2, 0) is 24.3 Å². The minimum absolute atomic E-state index is 0.0482. The van der Waals surface area contributed by atoms with Crippen molar-refractivity contribution in [2.45, 2.75) is 17.7 Å². The van der Waals surface area contributed by atoms with Gasteiger partial charge in [-0.3, -0.25) is 13.9 Å². The molecule has 178 valence electrons. The summed E-state index contributed by atoms with van der Waals surface area (Å²) < 4.78 is 43.7. The highest BCUT2D eigenvalue weighted by Gasteiger charge is 2.33. The molecule has 2 aromatic rings. The van der Waals surface area contributed by atoms with Gasteiger partial charge >= 0.3 is 5.97 Å². The fraction of sp³-hybridized carbons (Fsp3) is 0.391. The van der Waals surface area contributed by atoms with Crippen LogP contribution in [0.25, 0.3) is 0 Å². The summed E-state index contributed by atoms with van der Waals surface area (Å²) in [6.45, 7) is 0.254. The van der Waals surface area contributed by atoms with Gasteiger partial charge in [0.05, 0.1) is 37.8 Å². The van der Waals surface area contributed by atoms with E-state index in [2.05, 4.69) is 0 Å². The van der Waals surface area contributed by atoms with E-state index in [1.165, 1.54) is 39.5 Å². The highest BCUT2D eigenvalue weighted by molar-refractivity contribution is 7.92. The Morgan fingerprint density at radius 2 is 1.67 bits per heavy atom. The summed E-state index contributed by atoms with van der Waals surface area (Å²) in [7, 11) is 0.143. The summed E-state index contributed by atoms with van der Waals surface area (Å²) >= 11 is 0. The molecule has 33 heavy (non-hydrogen) atoms. The highest BCUT2D eigenvalue weighted by Crippen LogP contribution is 2.36.